The Hall–Kier alpha value is -3.32. The first-order valence-corrected chi connectivity index (χ1v) is 10.8. The van der Waals surface area contributed by atoms with Crippen LogP contribution in [-0.4, -0.2) is 55.2 Å². The molecule has 2 aromatic rings. The molecule has 0 aromatic heterocycles. The molecule has 32 heavy (non-hydrogen) atoms. The van der Waals surface area contributed by atoms with E-state index in [2.05, 4.69) is 0 Å². The van der Waals surface area contributed by atoms with E-state index in [0.29, 0.717) is 55.4 Å². The van der Waals surface area contributed by atoms with E-state index < -0.39 is 17.7 Å². The van der Waals surface area contributed by atoms with E-state index in [4.69, 9.17) is 14.2 Å². The second kappa shape index (κ2) is 10.8. The Kier molecular flexibility index (Phi) is 7.89. The number of ether oxygens (including phenoxy) is 3. The first-order chi connectivity index (χ1) is 15.5. The smallest absolute Gasteiger partial charge is 0.295 e. The molecule has 1 saturated heterocycles. The van der Waals surface area contributed by atoms with Gasteiger partial charge in [-0.15, -0.1) is 0 Å². The second-order valence-corrected chi connectivity index (χ2v) is 7.28. The van der Waals surface area contributed by atoms with Gasteiger partial charge < -0.3 is 24.2 Å². The van der Waals surface area contributed by atoms with Crippen molar-refractivity contribution in [1.82, 2.24) is 4.90 Å². The van der Waals surface area contributed by atoms with Gasteiger partial charge in [-0.25, -0.2) is 0 Å². The average molecular weight is 440 g/mol. The van der Waals surface area contributed by atoms with Crippen molar-refractivity contribution < 1.29 is 28.9 Å². The number of ketones is 1. The summed E-state index contributed by atoms with van der Waals surface area (Å²) in [7, 11) is 1.59. The summed E-state index contributed by atoms with van der Waals surface area (Å²) >= 11 is 0. The van der Waals surface area contributed by atoms with Crippen LogP contribution in [0.15, 0.2) is 54.1 Å². The van der Waals surface area contributed by atoms with Crippen molar-refractivity contribution in [3.63, 3.8) is 0 Å². The second-order valence-electron chi connectivity index (χ2n) is 7.28. The number of hydrogen-bond acceptors (Lipinski definition) is 6. The number of carbonyl (C=O) groups excluding carboxylic acids is 2. The van der Waals surface area contributed by atoms with Crippen molar-refractivity contribution in [2.75, 3.05) is 33.5 Å². The molecule has 3 rings (SSSR count). The summed E-state index contributed by atoms with van der Waals surface area (Å²) in [6.45, 7) is 5.42. The third kappa shape index (κ3) is 4.78. The summed E-state index contributed by atoms with van der Waals surface area (Å²) in [6, 6.07) is 13.3. The number of rotatable bonds is 10. The topological polar surface area (TPSA) is 85.3 Å². The van der Waals surface area contributed by atoms with Crippen LogP contribution in [0.1, 0.15) is 37.4 Å². The highest BCUT2D eigenvalue weighted by atomic mass is 16.5. The molecule has 1 unspecified atom stereocenters. The van der Waals surface area contributed by atoms with Crippen LogP contribution in [0.2, 0.25) is 0 Å². The summed E-state index contributed by atoms with van der Waals surface area (Å²) in [6.07, 6.45) is 0.556. The summed E-state index contributed by atoms with van der Waals surface area (Å²) in [4.78, 5) is 27.5. The fraction of sp³-hybridized carbons (Fsp3) is 0.360. The highest BCUT2D eigenvalue weighted by molar-refractivity contribution is 6.46. The maximum Gasteiger partial charge on any atom is 0.295 e. The zero-order valence-electron chi connectivity index (χ0n) is 18.7. The van der Waals surface area contributed by atoms with Crippen LogP contribution < -0.4 is 9.47 Å². The van der Waals surface area contributed by atoms with Crippen LogP contribution in [0.4, 0.5) is 0 Å². The Balaban J connectivity index is 2.14. The van der Waals surface area contributed by atoms with Crippen LogP contribution in [0.3, 0.4) is 0 Å². The average Bonchev–Trinajstić information content (AvgIpc) is 3.06. The molecular weight excluding hydrogens is 410 g/mol. The largest absolute Gasteiger partial charge is 0.507 e. The molecule has 170 valence electrons. The molecule has 1 aliphatic rings. The molecule has 7 heteroatoms. The third-order valence-electron chi connectivity index (χ3n) is 5.22. The SMILES string of the molecule is CCOc1ccc(C2/C(=C(\O)c3ccccc3)C(=O)C(=O)N2CCCOC)cc1OCC. The minimum atomic E-state index is -0.748. The number of hydrogen-bond donors (Lipinski definition) is 1. The zero-order valence-corrected chi connectivity index (χ0v) is 18.7. The lowest BCUT2D eigenvalue weighted by atomic mass is 9.95. The molecule has 1 aliphatic heterocycles. The Morgan fingerprint density at radius 1 is 1.00 bits per heavy atom. The van der Waals surface area contributed by atoms with Gasteiger partial charge in [0.25, 0.3) is 11.7 Å². The molecule has 0 bridgehead atoms. The fourth-order valence-electron chi connectivity index (χ4n) is 3.83. The van der Waals surface area contributed by atoms with Crippen LogP contribution >= 0.6 is 0 Å². The number of benzene rings is 2. The van der Waals surface area contributed by atoms with Crippen LogP contribution in [0.25, 0.3) is 5.76 Å². The zero-order chi connectivity index (χ0) is 23.1. The lowest BCUT2D eigenvalue weighted by Gasteiger charge is -2.26. The highest BCUT2D eigenvalue weighted by Crippen LogP contribution is 2.42. The first kappa shape index (κ1) is 23.3. The maximum atomic E-state index is 13.0. The summed E-state index contributed by atoms with van der Waals surface area (Å²) < 4.78 is 16.5. The van der Waals surface area contributed by atoms with Crippen LogP contribution in [0, 0.1) is 0 Å². The number of amides is 1. The van der Waals surface area contributed by atoms with Gasteiger partial charge in [0, 0.05) is 25.8 Å². The molecule has 0 aliphatic carbocycles. The number of carbonyl (C=O) groups is 2. The number of aliphatic hydroxyl groups is 1. The molecule has 1 atom stereocenters. The van der Waals surface area contributed by atoms with E-state index >= 15 is 0 Å². The fourth-order valence-corrected chi connectivity index (χ4v) is 3.83. The van der Waals surface area contributed by atoms with Gasteiger partial charge in [-0.2, -0.15) is 0 Å². The van der Waals surface area contributed by atoms with Gasteiger partial charge in [0.05, 0.1) is 24.8 Å². The van der Waals surface area contributed by atoms with Crippen molar-refractivity contribution >= 4 is 17.4 Å². The number of Topliss-reactive ketones (excluding diaryl/α,β-unsaturated/α-hetero) is 1. The molecule has 1 fully saturated rings. The van der Waals surface area contributed by atoms with Crippen molar-refractivity contribution in [2.45, 2.75) is 26.3 Å². The van der Waals surface area contributed by atoms with Gasteiger partial charge >= 0.3 is 0 Å². The molecular formula is C25H29NO6. The molecule has 1 amide bonds. The molecule has 1 N–H and O–H groups in total. The number of methoxy groups -OCH3 is 1. The van der Waals surface area contributed by atoms with E-state index in [1.165, 1.54) is 4.90 Å². The normalized spacial score (nSPS) is 17.6. The van der Waals surface area contributed by atoms with Crippen molar-refractivity contribution in [2.24, 2.45) is 0 Å². The van der Waals surface area contributed by atoms with Gasteiger partial charge in [-0.05, 0) is 38.0 Å². The molecule has 2 aromatic carbocycles. The molecule has 1 heterocycles. The van der Waals surface area contributed by atoms with E-state index in [1.54, 1.807) is 49.6 Å². The summed E-state index contributed by atoms with van der Waals surface area (Å²) in [5.41, 5.74) is 1.19. The Morgan fingerprint density at radius 3 is 2.34 bits per heavy atom. The number of likely N-dealkylation sites (tertiary alicyclic amines) is 1. The molecule has 0 saturated carbocycles. The Labute approximate surface area is 188 Å². The van der Waals surface area contributed by atoms with E-state index in [0.717, 1.165) is 0 Å². The standard InChI is InChI=1S/C25H29NO6/c1-4-31-19-13-12-18(16-20(19)32-5-2)22-21(23(27)17-10-7-6-8-11-17)24(28)25(29)26(22)14-9-15-30-3/h6-8,10-13,16,22,27H,4-5,9,14-15H2,1-3H3/b23-21+. The monoisotopic (exact) mass is 439 g/mol. The quantitative estimate of drug-likeness (QED) is 0.261. The van der Waals surface area contributed by atoms with Gasteiger partial charge in [0.2, 0.25) is 0 Å². The summed E-state index contributed by atoms with van der Waals surface area (Å²) in [5, 5.41) is 11.0. The Bertz CT molecular complexity index is 985. The minimum absolute atomic E-state index is 0.0604. The lowest BCUT2D eigenvalue weighted by molar-refractivity contribution is -0.140. The van der Waals surface area contributed by atoms with Gasteiger partial charge in [0.15, 0.2) is 11.5 Å². The molecule has 0 spiro atoms. The minimum Gasteiger partial charge on any atom is -0.507 e. The first-order valence-electron chi connectivity index (χ1n) is 10.8. The van der Waals surface area contributed by atoms with Crippen LogP contribution in [-0.2, 0) is 14.3 Å². The van der Waals surface area contributed by atoms with Gasteiger partial charge in [0.1, 0.15) is 5.76 Å². The summed E-state index contributed by atoms with van der Waals surface area (Å²) in [5.74, 6) is -0.447. The van der Waals surface area contributed by atoms with Crippen molar-refractivity contribution in [3.05, 3.63) is 65.2 Å². The number of aliphatic hydroxyl groups excluding tert-OH is 1. The Morgan fingerprint density at radius 2 is 1.69 bits per heavy atom. The number of nitrogens with zero attached hydrogens (tertiary/aromatic N) is 1. The van der Waals surface area contributed by atoms with Crippen molar-refractivity contribution in [3.8, 4) is 11.5 Å². The third-order valence-corrected chi connectivity index (χ3v) is 5.22. The van der Waals surface area contributed by atoms with Gasteiger partial charge in [-0.3, -0.25) is 9.59 Å². The maximum absolute atomic E-state index is 13.0. The molecule has 7 nitrogen and oxygen atoms in total. The predicted molar refractivity (Wildman–Crippen MR) is 121 cm³/mol. The van der Waals surface area contributed by atoms with E-state index in [1.807, 2.05) is 19.9 Å². The lowest BCUT2D eigenvalue weighted by Crippen LogP contribution is -2.31. The van der Waals surface area contributed by atoms with Crippen molar-refractivity contribution in [1.29, 1.82) is 0 Å². The van der Waals surface area contributed by atoms with E-state index in [-0.39, 0.29) is 11.3 Å². The van der Waals surface area contributed by atoms with Crippen LogP contribution in [0.5, 0.6) is 11.5 Å². The molecule has 0 radical (unpaired) electrons. The van der Waals surface area contributed by atoms with Gasteiger partial charge in [-0.1, -0.05) is 36.4 Å². The predicted octanol–water partition coefficient (Wildman–Crippen LogP) is 3.94. The highest BCUT2D eigenvalue weighted by Gasteiger charge is 2.46. The van der Waals surface area contributed by atoms with E-state index in [9.17, 15) is 14.7 Å².